The van der Waals surface area contributed by atoms with Crippen molar-refractivity contribution in [2.75, 3.05) is 11.9 Å². The van der Waals surface area contributed by atoms with Gasteiger partial charge in [0.2, 0.25) is 0 Å². The smallest absolute Gasteiger partial charge is 0.345 e. The first-order valence-corrected chi connectivity index (χ1v) is 6.01. The summed E-state index contributed by atoms with van der Waals surface area (Å²) in [6.07, 6.45) is 0.978. The topological polar surface area (TPSA) is 88.0 Å². The number of hydrogen-bond donors (Lipinski definition) is 2. The van der Waals surface area contributed by atoms with Crippen molar-refractivity contribution in [2.24, 2.45) is 4.99 Å². The predicted octanol–water partition coefficient (Wildman–Crippen LogP) is 2.68. The first-order chi connectivity index (χ1) is 9.54. The van der Waals surface area contributed by atoms with Crippen molar-refractivity contribution in [1.82, 2.24) is 0 Å². The highest BCUT2D eigenvalue weighted by molar-refractivity contribution is 6.12. The van der Waals surface area contributed by atoms with Crippen molar-refractivity contribution in [3.8, 4) is 0 Å². The molecular weight excluding hydrogens is 260 g/mol. The summed E-state index contributed by atoms with van der Waals surface area (Å²) in [7, 11) is 0. The van der Waals surface area contributed by atoms with Crippen LogP contribution in [0.2, 0.25) is 0 Å². The lowest BCUT2D eigenvalue weighted by Gasteiger charge is -2.03. The number of benzene rings is 1. The Labute approximate surface area is 116 Å². The second-order valence-corrected chi connectivity index (χ2v) is 3.77. The summed E-state index contributed by atoms with van der Waals surface area (Å²) in [4.78, 5) is 26.6. The number of esters is 1. The Balaban J connectivity index is 2.72. The Kier molecular flexibility index (Phi) is 5.96. The molecule has 0 unspecified atom stereocenters. The van der Waals surface area contributed by atoms with E-state index in [9.17, 15) is 14.7 Å². The number of ether oxygens (including phenoxy) is 1. The molecule has 2 amide bonds. The quantitative estimate of drug-likeness (QED) is 0.383. The van der Waals surface area contributed by atoms with Gasteiger partial charge in [0, 0.05) is 5.69 Å². The van der Waals surface area contributed by atoms with Gasteiger partial charge in [-0.25, -0.2) is 14.6 Å². The van der Waals surface area contributed by atoms with E-state index in [1.54, 1.807) is 31.2 Å². The van der Waals surface area contributed by atoms with Crippen molar-refractivity contribution >= 4 is 23.9 Å². The lowest BCUT2D eigenvalue weighted by atomic mass is 10.2. The highest BCUT2D eigenvalue weighted by atomic mass is 16.5. The molecule has 1 aromatic carbocycles. The van der Waals surface area contributed by atoms with E-state index in [0.717, 1.165) is 6.21 Å². The monoisotopic (exact) mass is 276 g/mol. The minimum absolute atomic E-state index is 0.157. The van der Waals surface area contributed by atoms with Crippen molar-refractivity contribution in [1.29, 1.82) is 0 Å². The molecule has 1 rings (SSSR count). The number of nitrogens with one attached hydrogen (secondary N) is 1. The molecule has 0 heterocycles. The van der Waals surface area contributed by atoms with E-state index >= 15 is 0 Å². The molecule has 0 aromatic heterocycles. The fourth-order valence-corrected chi connectivity index (χ4v) is 1.30. The number of aliphatic hydroxyl groups is 1. The molecule has 0 aliphatic carbocycles. The minimum Gasteiger partial charge on any atom is -0.512 e. The van der Waals surface area contributed by atoms with Gasteiger partial charge in [0.1, 0.15) is 11.3 Å². The summed E-state index contributed by atoms with van der Waals surface area (Å²) in [6.45, 7) is 3.12. The Bertz CT molecular complexity index is 531. The van der Waals surface area contributed by atoms with Crippen LogP contribution in [0.1, 0.15) is 13.8 Å². The summed E-state index contributed by atoms with van der Waals surface area (Å²) in [6, 6.07) is 8.09. The van der Waals surface area contributed by atoms with E-state index < -0.39 is 12.0 Å². The first-order valence-electron chi connectivity index (χ1n) is 6.01. The lowest BCUT2D eigenvalue weighted by molar-refractivity contribution is -0.138. The highest BCUT2D eigenvalue weighted by Crippen LogP contribution is 2.06. The van der Waals surface area contributed by atoms with Crippen LogP contribution in [0.3, 0.4) is 0 Å². The number of nitrogens with zero attached hydrogens (tertiary/aromatic N) is 1. The number of carbonyl (C=O) groups is 2. The molecule has 0 bridgehead atoms. The number of carbonyl (C=O) groups excluding carboxylic acids is 2. The van der Waals surface area contributed by atoms with Crippen molar-refractivity contribution in [3.05, 3.63) is 41.7 Å². The Hall–Kier alpha value is -2.63. The van der Waals surface area contributed by atoms with Gasteiger partial charge < -0.3 is 15.2 Å². The average Bonchev–Trinajstić information content (AvgIpc) is 2.40. The second kappa shape index (κ2) is 7.73. The van der Waals surface area contributed by atoms with Crippen LogP contribution in [0.5, 0.6) is 0 Å². The molecule has 0 aliphatic rings. The zero-order valence-electron chi connectivity index (χ0n) is 11.3. The molecule has 0 saturated carbocycles. The zero-order chi connectivity index (χ0) is 15.0. The normalized spacial score (nSPS) is 11.9. The van der Waals surface area contributed by atoms with Gasteiger partial charge in [-0.1, -0.05) is 18.2 Å². The van der Waals surface area contributed by atoms with Crippen LogP contribution in [-0.4, -0.2) is 29.9 Å². The molecular formula is C14H16N2O4. The molecule has 2 N–H and O–H groups in total. The van der Waals surface area contributed by atoms with E-state index in [4.69, 9.17) is 4.74 Å². The van der Waals surface area contributed by atoms with Gasteiger partial charge in [-0.2, -0.15) is 0 Å². The maximum absolute atomic E-state index is 11.6. The molecule has 1 aromatic rings. The van der Waals surface area contributed by atoms with Crippen LogP contribution in [0.25, 0.3) is 0 Å². The van der Waals surface area contributed by atoms with Gasteiger partial charge in [0.05, 0.1) is 12.8 Å². The SMILES string of the molecule is CCOC(=O)C(C=NC(=O)Nc1ccccc1)=C(C)O. The van der Waals surface area contributed by atoms with E-state index in [1.165, 1.54) is 6.92 Å². The van der Waals surface area contributed by atoms with Crippen molar-refractivity contribution in [3.63, 3.8) is 0 Å². The molecule has 6 heteroatoms. The molecule has 106 valence electrons. The van der Waals surface area contributed by atoms with Crippen molar-refractivity contribution in [2.45, 2.75) is 13.8 Å². The van der Waals surface area contributed by atoms with Crippen molar-refractivity contribution < 1.29 is 19.4 Å². The maximum Gasteiger partial charge on any atom is 0.345 e. The number of aliphatic imine (C=N–C) groups is 1. The largest absolute Gasteiger partial charge is 0.512 e. The second-order valence-electron chi connectivity index (χ2n) is 3.77. The Morgan fingerprint density at radius 1 is 1.35 bits per heavy atom. The number of urea groups is 1. The lowest BCUT2D eigenvalue weighted by Crippen LogP contribution is -2.13. The third-order valence-electron chi connectivity index (χ3n) is 2.22. The third-order valence-corrected chi connectivity index (χ3v) is 2.22. The molecule has 0 atom stereocenters. The van der Waals surface area contributed by atoms with E-state index in [1.807, 2.05) is 6.07 Å². The summed E-state index contributed by atoms with van der Waals surface area (Å²) in [5, 5.41) is 11.9. The number of aliphatic hydroxyl groups excluding tert-OH is 1. The third kappa shape index (κ3) is 4.93. The minimum atomic E-state index is -0.733. The van der Waals surface area contributed by atoms with Crippen LogP contribution >= 0.6 is 0 Å². The van der Waals surface area contributed by atoms with Crippen LogP contribution in [-0.2, 0) is 9.53 Å². The van der Waals surface area contributed by atoms with Gasteiger partial charge >= 0.3 is 12.0 Å². The van der Waals surface area contributed by atoms with Crippen LogP contribution in [0, 0.1) is 0 Å². The summed E-state index contributed by atoms with van der Waals surface area (Å²) < 4.78 is 4.74. The average molecular weight is 276 g/mol. The molecule has 0 fully saturated rings. The molecule has 0 spiro atoms. The zero-order valence-corrected chi connectivity index (χ0v) is 11.3. The summed E-state index contributed by atoms with van der Waals surface area (Å²) in [5.74, 6) is -0.997. The number of anilines is 1. The van der Waals surface area contributed by atoms with Crippen LogP contribution in [0.4, 0.5) is 10.5 Å². The number of hydrogen-bond acceptors (Lipinski definition) is 4. The fraction of sp³-hybridized carbons (Fsp3) is 0.214. The van der Waals surface area contributed by atoms with E-state index in [-0.39, 0.29) is 17.9 Å². The number of rotatable bonds is 4. The van der Waals surface area contributed by atoms with Gasteiger partial charge in [-0.3, -0.25) is 0 Å². The molecule has 20 heavy (non-hydrogen) atoms. The number of amides is 2. The van der Waals surface area contributed by atoms with Gasteiger partial charge in [-0.15, -0.1) is 0 Å². The van der Waals surface area contributed by atoms with Gasteiger partial charge in [0.15, 0.2) is 0 Å². The molecule has 0 aliphatic heterocycles. The molecule has 6 nitrogen and oxygen atoms in total. The number of allylic oxidation sites excluding steroid dienone is 1. The maximum atomic E-state index is 11.6. The van der Waals surface area contributed by atoms with Crippen LogP contribution < -0.4 is 5.32 Å². The highest BCUT2D eigenvalue weighted by Gasteiger charge is 2.12. The number of para-hydroxylation sites is 1. The first kappa shape index (κ1) is 15.4. The fourth-order valence-electron chi connectivity index (χ4n) is 1.30. The Morgan fingerprint density at radius 3 is 2.55 bits per heavy atom. The van der Waals surface area contributed by atoms with Gasteiger partial charge in [0.25, 0.3) is 0 Å². The van der Waals surface area contributed by atoms with Crippen LogP contribution in [0.15, 0.2) is 46.7 Å². The molecule has 0 radical (unpaired) electrons. The van der Waals surface area contributed by atoms with E-state index in [0.29, 0.717) is 5.69 Å². The molecule has 0 saturated heterocycles. The van der Waals surface area contributed by atoms with E-state index in [2.05, 4.69) is 10.3 Å². The standard InChI is InChI=1S/C14H16N2O4/c1-3-20-13(18)12(10(2)17)9-15-14(19)16-11-7-5-4-6-8-11/h4-9,17H,3H2,1-2H3,(H,16,19). The Morgan fingerprint density at radius 2 is 2.00 bits per heavy atom. The predicted molar refractivity (Wildman–Crippen MR) is 75.9 cm³/mol. The summed E-state index contributed by atoms with van der Waals surface area (Å²) in [5.41, 5.74) is 0.423. The van der Waals surface area contributed by atoms with Gasteiger partial charge in [-0.05, 0) is 26.0 Å². The summed E-state index contributed by atoms with van der Waals surface area (Å²) >= 11 is 0.